The molecule has 0 spiro atoms. The van der Waals surface area contributed by atoms with E-state index in [0.717, 1.165) is 35.7 Å². The van der Waals surface area contributed by atoms with Gasteiger partial charge in [0.15, 0.2) is 0 Å². The van der Waals surface area contributed by atoms with Crippen LogP contribution in [-0.4, -0.2) is 15.6 Å². The SMILES string of the molecule is Cn1cc(Cl)c2c(C3(C(=O)O)CCCCC3)cccc21. The van der Waals surface area contributed by atoms with Crippen molar-refractivity contribution in [1.29, 1.82) is 0 Å². The van der Waals surface area contributed by atoms with Gasteiger partial charge in [0.2, 0.25) is 0 Å². The second-order valence-electron chi connectivity index (χ2n) is 5.74. The molecule has 0 bridgehead atoms. The molecule has 1 aliphatic rings. The van der Waals surface area contributed by atoms with Crippen LogP contribution in [0.25, 0.3) is 10.9 Å². The fraction of sp³-hybridized carbons (Fsp3) is 0.438. The van der Waals surface area contributed by atoms with Crippen LogP contribution in [0.2, 0.25) is 5.02 Å². The topological polar surface area (TPSA) is 42.2 Å². The van der Waals surface area contributed by atoms with Crippen molar-refractivity contribution >= 4 is 28.5 Å². The van der Waals surface area contributed by atoms with E-state index in [9.17, 15) is 9.90 Å². The van der Waals surface area contributed by atoms with E-state index in [2.05, 4.69) is 0 Å². The zero-order valence-corrected chi connectivity index (χ0v) is 12.3. The Morgan fingerprint density at radius 2 is 2.00 bits per heavy atom. The first kappa shape index (κ1) is 13.5. The Kier molecular flexibility index (Phi) is 3.25. The minimum absolute atomic E-state index is 0.643. The molecule has 2 aromatic rings. The summed E-state index contributed by atoms with van der Waals surface area (Å²) < 4.78 is 1.96. The fourth-order valence-electron chi connectivity index (χ4n) is 3.54. The van der Waals surface area contributed by atoms with Crippen LogP contribution in [-0.2, 0) is 17.3 Å². The molecule has 1 saturated carbocycles. The van der Waals surface area contributed by atoms with Crippen LogP contribution >= 0.6 is 11.6 Å². The first-order valence-electron chi connectivity index (χ1n) is 7.04. The Balaban J connectivity index is 2.29. The quantitative estimate of drug-likeness (QED) is 0.904. The fourth-order valence-corrected chi connectivity index (χ4v) is 3.89. The molecule has 1 aliphatic carbocycles. The molecular weight excluding hydrogens is 274 g/mol. The number of carbonyl (C=O) groups is 1. The van der Waals surface area contributed by atoms with Gasteiger partial charge in [-0.2, -0.15) is 0 Å². The van der Waals surface area contributed by atoms with Crippen LogP contribution in [0.4, 0.5) is 0 Å². The molecule has 3 nitrogen and oxygen atoms in total. The summed E-state index contributed by atoms with van der Waals surface area (Å²) in [6, 6.07) is 5.87. The van der Waals surface area contributed by atoms with E-state index in [-0.39, 0.29) is 0 Å². The molecule has 1 aromatic carbocycles. The lowest BCUT2D eigenvalue weighted by atomic mass is 9.68. The molecule has 0 amide bonds. The van der Waals surface area contributed by atoms with Crippen molar-refractivity contribution in [2.24, 2.45) is 7.05 Å². The van der Waals surface area contributed by atoms with Crippen LogP contribution in [0.5, 0.6) is 0 Å². The van der Waals surface area contributed by atoms with E-state index in [1.807, 2.05) is 36.0 Å². The first-order chi connectivity index (χ1) is 9.56. The summed E-state index contributed by atoms with van der Waals surface area (Å²) in [5.74, 6) is -0.718. The molecule has 0 aliphatic heterocycles. The largest absolute Gasteiger partial charge is 0.481 e. The number of benzene rings is 1. The molecule has 4 heteroatoms. The zero-order valence-electron chi connectivity index (χ0n) is 11.5. The molecular formula is C16H18ClNO2. The Bertz CT molecular complexity index is 668. The van der Waals surface area contributed by atoms with Gasteiger partial charge in [-0.25, -0.2) is 0 Å². The summed E-state index contributed by atoms with van der Waals surface area (Å²) in [7, 11) is 1.94. The van der Waals surface area contributed by atoms with Gasteiger partial charge in [0.1, 0.15) is 0 Å². The molecule has 20 heavy (non-hydrogen) atoms. The van der Waals surface area contributed by atoms with Crippen molar-refractivity contribution in [1.82, 2.24) is 4.57 Å². The predicted molar refractivity (Wildman–Crippen MR) is 80.3 cm³/mol. The maximum Gasteiger partial charge on any atom is 0.314 e. The number of fused-ring (bicyclic) bond motifs is 1. The summed E-state index contributed by atoms with van der Waals surface area (Å²) in [4.78, 5) is 12.0. The third-order valence-corrected chi connectivity index (χ3v) is 4.89. The van der Waals surface area contributed by atoms with E-state index in [1.54, 1.807) is 0 Å². The third kappa shape index (κ3) is 1.84. The summed E-state index contributed by atoms with van der Waals surface area (Å²) in [5.41, 5.74) is 1.11. The van der Waals surface area contributed by atoms with E-state index >= 15 is 0 Å². The van der Waals surface area contributed by atoms with E-state index in [1.165, 1.54) is 0 Å². The normalized spacial score (nSPS) is 18.3. The van der Waals surface area contributed by atoms with Crippen molar-refractivity contribution < 1.29 is 9.90 Å². The van der Waals surface area contributed by atoms with Gasteiger partial charge in [-0.1, -0.05) is 43.0 Å². The highest BCUT2D eigenvalue weighted by molar-refractivity contribution is 6.36. The average molecular weight is 292 g/mol. The van der Waals surface area contributed by atoms with Crippen molar-refractivity contribution in [3.8, 4) is 0 Å². The summed E-state index contributed by atoms with van der Waals surface area (Å²) in [6.07, 6.45) is 6.31. The highest BCUT2D eigenvalue weighted by Crippen LogP contribution is 2.44. The summed E-state index contributed by atoms with van der Waals surface area (Å²) in [6.45, 7) is 0. The molecule has 1 fully saturated rings. The number of rotatable bonds is 2. The van der Waals surface area contributed by atoms with Crippen LogP contribution in [0.15, 0.2) is 24.4 Å². The lowest BCUT2D eigenvalue weighted by molar-refractivity contribution is -0.145. The molecule has 0 saturated heterocycles. The van der Waals surface area contributed by atoms with Crippen LogP contribution in [0.3, 0.4) is 0 Å². The van der Waals surface area contributed by atoms with Crippen molar-refractivity contribution in [3.63, 3.8) is 0 Å². The minimum atomic E-state index is -0.775. The summed E-state index contributed by atoms with van der Waals surface area (Å²) >= 11 is 6.36. The lowest BCUT2D eigenvalue weighted by Crippen LogP contribution is -2.38. The number of hydrogen-bond acceptors (Lipinski definition) is 1. The van der Waals surface area contributed by atoms with Gasteiger partial charge in [-0.3, -0.25) is 4.79 Å². The van der Waals surface area contributed by atoms with Gasteiger partial charge >= 0.3 is 5.97 Å². The van der Waals surface area contributed by atoms with Gasteiger partial charge < -0.3 is 9.67 Å². The number of hydrogen-bond donors (Lipinski definition) is 1. The van der Waals surface area contributed by atoms with Crippen LogP contribution in [0, 0.1) is 0 Å². The minimum Gasteiger partial charge on any atom is -0.481 e. The number of nitrogens with zero attached hydrogens (tertiary/aromatic N) is 1. The first-order valence-corrected chi connectivity index (χ1v) is 7.41. The number of aryl methyl sites for hydroxylation is 1. The molecule has 1 N–H and O–H groups in total. The Labute approximate surface area is 123 Å². The molecule has 0 unspecified atom stereocenters. The zero-order chi connectivity index (χ0) is 14.3. The van der Waals surface area contributed by atoms with Crippen molar-refractivity contribution in [2.45, 2.75) is 37.5 Å². The van der Waals surface area contributed by atoms with Gasteiger partial charge in [-0.05, 0) is 24.5 Å². The van der Waals surface area contributed by atoms with Crippen molar-refractivity contribution in [2.75, 3.05) is 0 Å². The maximum atomic E-state index is 12.0. The third-order valence-electron chi connectivity index (χ3n) is 4.60. The van der Waals surface area contributed by atoms with Crippen LogP contribution in [0.1, 0.15) is 37.7 Å². The molecule has 1 aromatic heterocycles. The van der Waals surface area contributed by atoms with Crippen LogP contribution < -0.4 is 0 Å². The molecule has 1 heterocycles. The van der Waals surface area contributed by atoms with Gasteiger partial charge in [0, 0.05) is 24.1 Å². The smallest absolute Gasteiger partial charge is 0.314 e. The number of halogens is 1. The Hall–Kier alpha value is -1.48. The van der Waals surface area contributed by atoms with Gasteiger partial charge in [0.25, 0.3) is 0 Å². The predicted octanol–water partition coefficient (Wildman–Crippen LogP) is 4.12. The second-order valence-corrected chi connectivity index (χ2v) is 6.14. The second kappa shape index (κ2) is 4.81. The van der Waals surface area contributed by atoms with E-state index in [0.29, 0.717) is 17.9 Å². The monoisotopic (exact) mass is 291 g/mol. The van der Waals surface area contributed by atoms with Gasteiger partial charge in [0.05, 0.1) is 10.4 Å². The molecule has 0 radical (unpaired) electrons. The lowest BCUT2D eigenvalue weighted by Gasteiger charge is -2.34. The average Bonchev–Trinajstić information content (AvgIpc) is 2.75. The highest BCUT2D eigenvalue weighted by atomic mass is 35.5. The number of carboxylic acid groups (broad SMARTS) is 1. The van der Waals surface area contributed by atoms with E-state index in [4.69, 9.17) is 11.6 Å². The molecule has 0 atom stereocenters. The maximum absolute atomic E-state index is 12.0. The Morgan fingerprint density at radius 3 is 2.65 bits per heavy atom. The van der Waals surface area contributed by atoms with Crippen molar-refractivity contribution in [3.05, 3.63) is 35.0 Å². The van der Waals surface area contributed by atoms with Gasteiger partial charge in [-0.15, -0.1) is 0 Å². The Morgan fingerprint density at radius 1 is 1.30 bits per heavy atom. The summed E-state index contributed by atoms with van der Waals surface area (Å²) in [5, 5.41) is 11.4. The standard InChI is InChI=1S/C16H18ClNO2/c1-18-10-12(17)14-11(6-5-7-13(14)18)16(15(19)20)8-3-2-4-9-16/h5-7,10H,2-4,8-9H2,1H3,(H,19,20). The number of aliphatic carboxylic acids is 1. The molecule has 106 valence electrons. The van der Waals surface area contributed by atoms with E-state index < -0.39 is 11.4 Å². The number of carboxylic acids is 1. The highest BCUT2D eigenvalue weighted by Gasteiger charge is 2.42. The molecule has 3 rings (SSSR count). The number of aromatic nitrogens is 1.